The fourth-order valence-electron chi connectivity index (χ4n) is 1.62. The number of hydrogen-bond acceptors (Lipinski definition) is 3. The molecule has 0 aliphatic carbocycles. The highest BCUT2D eigenvalue weighted by molar-refractivity contribution is 6.34. The predicted octanol–water partition coefficient (Wildman–Crippen LogP) is 3.24. The fourth-order valence-corrected chi connectivity index (χ4v) is 2.05. The molecule has 0 aromatic carbocycles. The topological polar surface area (TPSA) is 45.2 Å². The highest BCUT2D eigenvalue weighted by Gasteiger charge is 2.11. The first-order valence-electron chi connectivity index (χ1n) is 6.72. The van der Waals surface area contributed by atoms with E-state index >= 15 is 0 Å². The molecule has 0 aliphatic rings. The lowest BCUT2D eigenvalue weighted by Crippen LogP contribution is -2.29. The van der Waals surface area contributed by atoms with Crippen LogP contribution in [0.4, 0.5) is 0 Å². The van der Waals surface area contributed by atoms with Gasteiger partial charge in [0.1, 0.15) is 10.3 Å². The van der Waals surface area contributed by atoms with Crippen molar-refractivity contribution in [2.45, 2.75) is 32.7 Å². The Morgan fingerprint density at radius 3 is 2.65 bits per heavy atom. The van der Waals surface area contributed by atoms with Crippen molar-refractivity contribution in [3.63, 3.8) is 0 Å². The van der Waals surface area contributed by atoms with Crippen LogP contribution in [0.25, 0.3) is 0 Å². The largest absolute Gasteiger partial charge is 0.352 e. The zero-order valence-electron chi connectivity index (χ0n) is 12.1. The number of unbranched alkanes of at least 4 members (excludes halogenated alkanes) is 1. The lowest BCUT2D eigenvalue weighted by Gasteiger charge is -2.20. The summed E-state index contributed by atoms with van der Waals surface area (Å²) in [5.74, 6) is -0.212. The van der Waals surface area contributed by atoms with E-state index in [0.29, 0.717) is 18.2 Å². The molecule has 112 valence electrons. The minimum absolute atomic E-state index is 0.134. The second-order valence-electron chi connectivity index (χ2n) is 5.01. The first-order chi connectivity index (χ1) is 9.41. The summed E-state index contributed by atoms with van der Waals surface area (Å²) >= 11 is 11.6. The average molecular weight is 318 g/mol. The second-order valence-corrected chi connectivity index (χ2v) is 5.75. The third-order valence-electron chi connectivity index (χ3n) is 3.16. The minimum atomic E-state index is -0.212. The van der Waals surface area contributed by atoms with Crippen LogP contribution in [0.3, 0.4) is 0 Å². The molecule has 0 unspecified atom stereocenters. The van der Waals surface area contributed by atoms with Crippen LogP contribution in [0.1, 0.15) is 37.0 Å². The van der Waals surface area contributed by atoms with E-state index in [4.69, 9.17) is 23.2 Å². The molecule has 6 heteroatoms. The van der Waals surface area contributed by atoms with Crippen LogP contribution in [0.2, 0.25) is 10.3 Å². The van der Waals surface area contributed by atoms with Gasteiger partial charge in [-0.2, -0.15) is 0 Å². The molecule has 20 heavy (non-hydrogen) atoms. The number of pyridine rings is 1. The van der Waals surface area contributed by atoms with Gasteiger partial charge in [-0.3, -0.25) is 4.79 Å². The molecule has 0 spiro atoms. The van der Waals surface area contributed by atoms with Crippen LogP contribution in [0.15, 0.2) is 12.1 Å². The van der Waals surface area contributed by atoms with Crippen molar-refractivity contribution in [3.8, 4) is 0 Å². The van der Waals surface area contributed by atoms with Gasteiger partial charge in [0, 0.05) is 12.6 Å². The molecule has 1 aromatic heterocycles. The molecule has 0 saturated carbocycles. The van der Waals surface area contributed by atoms with Crippen molar-refractivity contribution in [1.82, 2.24) is 15.2 Å². The van der Waals surface area contributed by atoms with Crippen LogP contribution in [0, 0.1) is 0 Å². The molecule has 1 N–H and O–H groups in total. The Morgan fingerprint density at radius 1 is 1.35 bits per heavy atom. The lowest BCUT2D eigenvalue weighted by atomic mass is 10.2. The van der Waals surface area contributed by atoms with Crippen LogP contribution < -0.4 is 5.32 Å². The van der Waals surface area contributed by atoms with E-state index in [1.165, 1.54) is 0 Å². The number of hydrogen-bond donors (Lipinski definition) is 1. The van der Waals surface area contributed by atoms with E-state index in [1.54, 1.807) is 12.1 Å². The standard InChI is InChI=1S/C14H21Cl2N3O/c1-10(2)19(3)9-5-4-8-17-14(20)11-6-7-12(15)18-13(11)16/h6-7,10H,4-5,8-9H2,1-3H3,(H,17,20). The Morgan fingerprint density at radius 2 is 2.05 bits per heavy atom. The van der Waals surface area contributed by atoms with Crippen molar-refractivity contribution >= 4 is 29.1 Å². The minimum Gasteiger partial charge on any atom is -0.352 e. The molecule has 0 aliphatic heterocycles. The van der Waals surface area contributed by atoms with Gasteiger partial charge in [0.25, 0.3) is 5.91 Å². The summed E-state index contributed by atoms with van der Waals surface area (Å²) < 4.78 is 0. The molecule has 0 atom stereocenters. The van der Waals surface area contributed by atoms with Crippen molar-refractivity contribution in [3.05, 3.63) is 28.0 Å². The molecule has 1 amide bonds. The second kappa shape index (κ2) is 8.45. The SMILES string of the molecule is CC(C)N(C)CCCCNC(=O)c1ccc(Cl)nc1Cl. The van der Waals surface area contributed by atoms with Gasteiger partial charge < -0.3 is 10.2 Å². The van der Waals surface area contributed by atoms with Gasteiger partial charge in [0.05, 0.1) is 5.56 Å². The summed E-state index contributed by atoms with van der Waals surface area (Å²) in [7, 11) is 2.10. The maximum absolute atomic E-state index is 11.9. The van der Waals surface area contributed by atoms with Crippen molar-refractivity contribution < 1.29 is 4.79 Å². The Labute approximate surface area is 130 Å². The molecule has 1 aromatic rings. The van der Waals surface area contributed by atoms with Crippen molar-refractivity contribution in [2.24, 2.45) is 0 Å². The zero-order valence-corrected chi connectivity index (χ0v) is 13.6. The molecule has 1 rings (SSSR count). The monoisotopic (exact) mass is 317 g/mol. The first kappa shape index (κ1) is 17.2. The van der Waals surface area contributed by atoms with E-state index in [2.05, 4.69) is 36.1 Å². The fraction of sp³-hybridized carbons (Fsp3) is 0.571. The molecule has 1 heterocycles. The molecule has 0 bridgehead atoms. The van der Waals surface area contributed by atoms with Gasteiger partial charge >= 0.3 is 0 Å². The van der Waals surface area contributed by atoms with Crippen molar-refractivity contribution in [1.29, 1.82) is 0 Å². The molecule has 0 fully saturated rings. The van der Waals surface area contributed by atoms with Crippen LogP contribution in [-0.2, 0) is 0 Å². The van der Waals surface area contributed by atoms with E-state index in [1.807, 2.05) is 0 Å². The Bertz CT molecular complexity index is 452. The third kappa shape index (κ3) is 5.65. The molecule has 4 nitrogen and oxygen atoms in total. The number of rotatable bonds is 7. The highest BCUT2D eigenvalue weighted by Crippen LogP contribution is 2.16. The predicted molar refractivity (Wildman–Crippen MR) is 83.6 cm³/mol. The van der Waals surface area contributed by atoms with Gasteiger partial charge in [-0.1, -0.05) is 23.2 Å². The van der Waals surface area contributed by atoms with Crippen LogP contribution in [0.5, 0.6) is 0 Å². The van der Waals surface area contributed by atoms with Gasteiger partial charge in [-0.15, -0.1) is 0 Å². The molecular formula is C14H21Cl2N3O. The normalized spacial score (nSPS) is 11.2. The Kier molecular flexibility index (Phi) is 7.27. The zero-order chi connectivity index (χ0) is 15.1. The highest BCUT2D eigenvalue weighted by atomic mass is 35.5. The number of carbonyl (C=O) groups excluding carboxylic acids is 1. The molecule has 0 saturated heterocycles. The van der Waals surface area contributed by atoms with E-state index < -0.39 is 0 Å². The van der Waals surface area contributed by atoms with Gasteiger partial charge in [0.2, 0.25) is 0 Å². The quantitative estimate of drug-likeness (QED) is 0.620. The maximum atomic E-state index is 11.9. The Hall–Kier alpha value is -0.840. The van der Waals surface area contributed by atoms with Gasteiger partial charge in [0.15, 0.2) is 0 Å². The molecular weight excluding hydrogens is 297 g/mol. The van der Waals surface area contributed by atoms with Crippen LogP contribution >= 0.6 is 23.2 Å². The first-order valence-corrected chi connectivity index (χ1v) is 7.48. The number of amides is 1. The smallest absolute Gasteiger partial charge is 0.254 e. The summed E-state index contributed by atoms with van der Waals surface area (Å²) in [5.41, 5.74) is 0.357. The number of nitrogens with one attached hydrogen (secondary N) is 1. The summed E-state index contributed by atoms with van der Waals surface area (Å²) in [6.45, 7) is 5.98. The summed E-state index contributed by atoms with van der Waals surface area (Å²) in [4.78, 5) is 18.0. The number of halogens is 2. The Balaban J connectivity index is 2.30. The van der Waals surface area contributed by atoms with Crippen molar-refractivity contribution in [2.75, 3.05) is 20.1 Å². The lowest BCUT2D eigenvalue weighted by molar-refractivity contribution is 0.0952. The maximum Gasteiger partial charge on any atom is 0.254 e. The van der Waals surface area contributed by atoms with Gasteiger partial charge in [-0.05, 0) is 52.4 Å². The number of carbonyl (C=O) groups is 1. The van der Waals surface area contributed by atoms with E-state index in [-0.39, 0.29) is 16.2 Å². The molecule has 0 radical (unpaired) electrons. The summed E-state index contributed by atoms with van der Waals surface area (Å²) in [6, 6.07) is 3.68. The van der Waals surface area contributed by atoms with E-state index in [9.17, 15) is 4.79 Å². The summed E-state index contributed by atoms with van der Waals surface area (Å²) in [5, 5.41) is 3.25. The average Bonchev–Trinajstić information content (AvgIpc) is 2.37. The van der Waals surface area contributed by atoms with Crippen LogP contribution in [-0.4, -0.2) is 42.0 Å². The third-order valence-corrected chi connectivity index (χ3v) is 3.66. The number of aromatic nitrogens is 1. The number of nitrogens with zero attached hydrogens (tertiary/aromatic N) is 2. The van der Waals surface area contributed by atoms with E-state index in [0.717, 1.165) is 19.4 Å². The van der Waals surface area contributed by atoms with Gasteiger partial charge in [-0.25, -0.2) is 4.98 Å². The summed E-state index contributed by atoms with van der Waals surface area (Å²) in [6.07, 6.45) is 1.98.